The van der Waals surface area contributed by atoms with Crippen LogP contribution in [0, 0.1) is 0 Å². The maximum absolute atomic E-state index is 13.9. The summed E-state index contributed by atoms with van der Waals surface area (Å²) in [6.07, 6.45) is -1.84. The lowest BCUT2D eigenvalue weighted by atomic mass is 9.84. The lowest BCUT2D eigenvalue weighted by molar-refractivity contribution is -0.297. The van der Waals surface area contributed by atoms with Crippen molar-refractivity contribution in [3.05, 3.63) is 35.4 Å². The fraction of sp³-hybridized carbons (Fsp3) is 0.571. The van der Waals surface area contributed by atoms with Crippen molar-refractivity contribution in [2.45, 2.75) is 31.5 Å². The number of benzene rings is 1. The monoisotopic (exact) mass is 253 g/mol. The maximum Gasteiger partial charge on any atom is 0.384 e. The Hall–Kier alpha value is -1.00. The molecule has 0 unspecified atom stereocenters. The fourth-order valence-corrected chi connectivity index (χ4v) is 3.09. The second-order valence-electron chi connectivity index (χ2n) is 5.09. The summed E-state index contributed by atoms with van der Waals surface area (Å²) in [5, 5.41) is 0. The van der Waals surface area contributed by atoms with Crippen molar-refractivity contribution in [2.75, 3.05) is 19.6 Å². The summed E-state index contributed by atoms with van der Waals surface area (Å²) in [5.41, 5.74) is -0.0353. The van der Waals surface area contributed by atoms with Gasteiger partial charge in [0.1, 0.15) is 5.60 Å². The van der Waals surface area contributed by atoms with Crippen LogP contribution in [0.4, 0.5) is 8.78 Å². The Morgan fingerprint density at radius 1 is 1.17 bits per heavy atom. The molecule has 98 valence electrons. The molecule has 1 fully saturated rings. The van der Waals surface area contributed by atoms with Gasteiger partial charge in [-0.2, -0.15) is 8.78 Å². The molecule has 0 radical (unpaired) electrons. The predicted molar refractivity (Wildman–Crippen MR) is 64.4 cm³/mol. The number of halogens is 2. The van der Waals surface area contributed by atoms with E-state index in [0.29, 0.717) is 18.4 Å². The van der Waals surface area contributed by atoms with Crippen molar-refractivity contribution in [1.29, 1.82) is 0 Å². The van der Waals surface area contributed by atoms with E-state index in [1.165, 1.54) is 6.07 Å². The largest absolute Gasteiger partial charge is 0.384 e. The number of alkyl halides is 2. The topological polar surface area (TPSA) is 12.5 Å². The van der Waals surface area contributed by atoms with E-state index in [-0.39, 0.29) is 5.56 Å². The number of hydrogen-bond acceptors (Lipinski definition) is 2. The van der Waals surface area contributed by atoms with E-state index < -0.39 is 11.7 Å². The number of nitrogens with zero attached hydrogens (tertiary/aromatic N) is 1. The van der Waals surface area contributed by atoms with Crippen LogP contribution in [0.2, 0.25) is 0 Å². The van der Waals surface area contributed by atoms with Crippen LogP contribution >= 0.6 is 0 Å². The SMILES string of the molecule is CCN1CCC2(CC1)OC(F)(F)c1ccccc12. The summed E-state index contributed by atoms with van der Waals surface area (Å²) in [7, 11) is 0. The van der Waals surface area contributed by atoms with Crippen LogP contribution in [0.25, 0.3) is 0 Å². The van der Waals surface area contributed by atoms with Gasteiger partial charge in [-0.15, -0.1) is 0 Å². The van der Waals surface area contributed by atoms with Crippen LogP contribution in [-0.4, -0.2) is 24.5 Å². The zero-order valence-corrected chi connectivity index (χ0v) is 10.5. The molecule has 0 saturated carbocycles. The average molecular weight is 253 g/mol. The minimum absolute atomic E-state index is 0.0509. The molecule has 0 aromatic heterocycles. The molecular weight excluding hydrogens is 236 g/mol. The van der Waals surface area contributed by atoms with Gasteiger partial charge >= 0.3 is 6.11 Å². The third kappa shape index (κ3) is 1.67. The predicted octanol–water partition coefficient (Wildman–Crippen LogP) is 3.08. The molecule has 2 aliphatic rings. The molecule has 2 heterocycles. The molecule has 1 saturated heterocycles. The first-order valence-electron chi connectivity index (χ1n) is 6.48. The van der Waals surface area contributed by atoms with Gasteiger partial charge in [0.05, 0.1) is 5.56 Å². The number of rotatable bonds is 1. The molecule has 2 aliphatic heterocycles. The highest BCUT2D eigenvalue weighted by molar-refractivity contribution is 5.39. The Morgan fingerprint density at radius 2 is 1.78 bits per heavy atom. The van der Waals surface area contributed by atoms with E-state index >= 15 is 0 Å². The number of likely N-dealkylation sites (tertiary alicyclic amines) is 1. The van der Waals surface area contributed by atoms with Crippen LogP contribution in [0.5, 0.6) is 0 Å². The van der Waals surface area contributed by atoms with Crippen LogP contribution < -0.4 is 0 Å². The van der Waals surface area contributed by atoms with Gasteiger partial charge in [0, 0.05) is 13.1 Å². The highest BCUT2D eigenvalue weighted by Crippen LogP contribution is 2.53. The van der Waals surface area contributed by atoms with E-state index in [1.54, 1.807) is 12.1 Å². The Morgan fingerprint density at radius 3 is 2.39 bits per heavy atom. The third-order valence-electron chi connectivity index (χ3n) is 4.17. The number of fused-ring (bicyclic) bond motifs is 2. The molecule has 0 atom stereocenters. The van der Waals surface area contributed by atoms with Crippen molar-refractivity contribution in [3.8, 4) is 0 Å². The first kappa shape index (κ1) is 12.1. The first-order valence-corrected chi connectivity index (χ1v) is 6.48. The van der Waals surface area contributed by atoms with Crippen molar-refractivity contribution in [3.63, 3.8) is 0 Å². The van der Waals surface area contributed by atoms with Crippen molar-refractivity contribution in [1.82, 2.24) is 4.90 Å². The van der Waals surface area contributed by atoms with Crippen molar-refractivity contribution < 1.29 is 13.5 Å². The van der Waals surface area contributed by atoms with Gasteiger partial charge in [0.15, 0.2) is 0 Å². The highest BCUT2D eigenvalue weighted by Gasteiger charge is 2.55. The Kier molecular flexibility index (Phi) is 2.68. The minimum Gasteiger partial charge on any atom is -0.305 e. The van der Waals surface area contributed by atoms with Crippen LogP contribution in [0.3, 0.4) is 0 Å². The zero-order valence-electron chi connectivity index (χ0n) is 10.5. The first-order chi connectivity index (χ1) is 8.57. The zero-order chi connectivity index (χ0) is 12.8. The lowest BCUT2D eigenvalue weighted by Crippen LogP contribution is -2.43. The van der Waals surface area contributed by atoms with Gasteiger partial charge in [-0.3, -0.25) is 0 Å². The van der Waals surface area contributed by atoms with Gasteiger partial charge in [0.25, 0.3) is 0 Å². The van der Waals surface area contributed by atoms with Gasteiger partial charge in [-0.1, -0.05) is 25.1 Å². The molecular formula is C14H17F2NO. The molecule has 0 N–H and O–H groups in total. The summed E-state index contributed by atoms with van der Waals surface area (Å²) in [6, 6.07) is 6.74. The number of hydrogen-bond donors (Lipinski definition) is 0. The molecule has 3 rings (SSSR count). The van der Waals surface area contributed by atoms with Gasteiger partial charge in [0.2, 0.25) is 0 Å². The summed E-state index contributed by atoms with van der Waals surface area (Å²) < 4.78 is 33.0. The smallest absolute Gasteiger partial charge is 0.305 e. The number of piperidine rings is 1. The van der Waals surface area contributed by atoms with Gasteiger partial charge in [-0.25, -0.2) is 0 Å². The molecule has 2 nitrogen and oxygen atoms in total. The van der Waals surface area contributed by atoms with E-state index in [1.807, 2.05) is 6.07 Å². The normalized spacial score (nSPS) is 25.3. The number of ether oxygens (including phenoxy) is 1. The minimum atomic E-state index is -3.13. The molecule has 0 aliphatic carbocycles. The second kappa shape index (κ2) is 4.00. The second-order valence-corrected chi connectivity index (χ2v) is 5.09. The summed E-state index contributed by atoms with van der Waals surface area (Å²) >= 11 is 0. The Balaban J connectivity index is 1.96. The van der Waals surface area contributed by atoms with E-state index in [2.05, 4.69) is 11.8 Å². The summed E-state index contributed by atoms with van der Waals surface area (Å²) in [4.78, 5) is 2.27. The van der Waals surface area contributed by atoms with Crippen LogP contribution in [-0.2, 0) is 16.4 Å². The Bertz CT molecular complexity index is 453. The molecule has 0 bridgehead atoms. The summed E-state index contributed by atoms with van der Waals surface area (Å²) in [5.74, 6) is 0. The molecule has 0 amide bonds. The quantitative estimate of drug-likeness (QED) is 0.762. The molecule has 1 spiro atoms. The van der Waals surface area contributed by atoms with Gasteiger partial charge < -0.3 is 9.64 Å². The van der Waals surface area contributed by atoms with E-state index in [4.69, 9.17) is 4.74 Å². The maximum atomic E-state index is 13.9. The van der Waals surface area contributed by atoms with Crippen LogP contribution in [0.15, 0.2) is 24.3 Å². The molecule has 1 aromatic carbocycles. The standard InChI is InChI=1S/C14H17F2NO/c1-2-17-9-7-13(8-10-17)11-5-3-4-6-12(11)14(15,16)18-13/h3-6H,2,7-10H2,1H3. The highest BCUT2D eigenvalue weighted by atomic mass is 19.3. The summed E-state index contributed by atoms with van der Waals surface area (Å²) in [6.45, 7) is 4.70. The Labute approximate surface area is 106 Å². The van der Waals surface area contributed by atoms with Crippen LogP contribution in [0.1, 0.15) is 30.9 Å². The van der Waals surface area contributed by atoms with Crippen molar-refractivity contribution in [2.24, 2.45) is 0 Å². The third-order valence-corrected chi connectivity index (χ3v) is 4.17. The molecule has 4 heteroatoms. The van der Waals surface area contributed by atoms with Crippen molar-refractivity contribution >= 4 is 0 Å². The average Bonchev–Trinajstić information content (AvgIpc) is 2.60. The fourth-order valence-electron chi connectivity index (χ4n) is 3.09. The van der Waals surface area contributed by atoms with E-state index in [0.717, 1.165) is 19.6 Å². The molecule has 1 aromatic rings. The van der Waals surface area contributed by atoms with E-state index in [9.17, 15) is 8.78 Å². The lowest BCUT2D eigenvalue weighted by Gasteiger charge is -2.38. The molecule has 18 heavy (non-hydrogen) atoms. The van der Waals surface area contributed by atoms with Gasteiger partial charge in [-0.05, 0) is 31.0 Å².